The largest absolute Gasteiger partial charge is 0.301 e. The number of hydroxylamine groups is 1. The van der Waals surface area contributed by atoms with Crippen LogP contribution in [-0.2, 0) is 4.84 Å². The van der Waals surface area contributed by atoms with Crippen molar-refractivity contribution >= 4 is 0 Å². The van der Waals surface area contributed by atoms with Crippen molar-refractivity contribution in [1.29, 1.82) is 0 Å². The molecule has 3 aliphatic rings. The summed E-state index contributed by atoms with van der Waals surface area (Å²) in [4.78, 5) is 7.93. The minimum absolute atomic E-state index is 0.644. The molecular weight excluding hydrogens is 152 g/mol. The molecule has 0 aromatic heterocycles. The van der Waals surface area contributed by atoms with Gasteiger partial charge in [0.1, 0.15) is 0 Å². The van der Waals surface area contributed by atoms with E-state index in [0.29, 0.717) is 6.04 Å². The van der Waals surface area contributed by atoms with Crippen LogP contribution in [0.2, 0.25) is 0 Å². The van der Waals surface area contributed by atoms with Crippen LogP contribution in [-0.4, -0.2) is 36.7 Å². The molecule has 3 atom stereocenters. The lowest BCUT2D eigenvalue weighted by molar-refractivity contribution is 0.0493. The second-order valence-corrected chi connectivity index (χ2v) is 4.27. The summed E-state index contributed by atoms with van der Waals surface area (Å²) in [5.74, 6) is 0.771. The van der Waals surface area contributed by atoms with Crippen LogP contribution < -0.4 is 5.48 Å². The monoisotopic (exact) mass is 168 g/mol. The Morgan fingerprint density at radius 2 is 2.33 bits per heavy atom. The van der Waals surface area contributed by atoms with Crippen LogP contribution in [0.15, 0.2) is 0 Å². The van der Waals surface area contributed by atoms with Crippen molar-refractivity contribution in [2.24, 2.45) is 5.92 Å². The zero-order valence-electron chi connectivity index (χ0n) is 7.33. The minimum Gasteiger partial charge on any atom is -0.301 e. The van der Waals surface area contributed by atoms with Crippen molar-refractivity contribution in [3.8, 4) is 0 Å². The van der Waals surface area contributed by atoms with Crippen LogP contribution in [0.25, 0.3) is 0 Å². The van der Waals surface area contributed by atoms with Gasteiger partial charge >= 0.3 is 0 Å². The number of piperidine rings is 1. The standard InChI is InChI=1S/C9H16N2O/c1-2-4-11-5-7-6-12-10-9(7)8(11)3-1/h7-10H,1-6H2/t7-,8+,9+/m1/s1. The molecule has 12 heavy (non-hydrogen) atoms. The van der Waals surface area contributed by atoms with Crippen LogP contribution in [0, 0.1) is 5.92 Å². The third kappa shape index (κ3) is 0.934. The first kappa shape index (κ1) is 7.30. The summed E-state index contributed by atoms with van der Waals surface area (Å²) in [6.07, 6.45) is 4.18. The molecule has 68 valence electrons. The maximum atomic E-state index is 5.28. The fraction of sp³-hybridized carbons (Fsp3) is 1.00. The first-order valence-corrected chi connectivity index (χ1v) is 5.06. The normalized spacial score (nSPS) is 47.5. The molecule has 3 saturated heterocycles. The van der Waals surface area contributed by atoms with E-state index in [1.54, 1.807) is 0 Å². The van der Waals surface area contributed by atoms with E-state index in [2.05, 4.69) is 10.4 Å². The Kier molecular flexibility index (Phi) is 1.63. The number of hydrogen-bond donors (Lipinski definition) is 1. The van der Waals surface area contributed by atoms with Gasteiger partial charge in [-0.3, -0.25) is 4.90 Å². The molecule has 0 aromatic rings. The van der Waals surface area contributed by atoms with Crippen molar-refractivity contribution in [2.75, 3.05) is 19.7 Å². The smallest absolute Gasteiger partial charge is 0.0739 e. The van der Waals surface area contributed by atoms with Crippen LogP contribution in [0.5, 0.6) is 0 Å². The number of rotatable bonds is 0. The van der Waals surface area contributed by atoms with Crippen molar-refractivity contribution in [2.45, 2.75) is 31.3 Å². The lowest BCUT2D eigenvalue weighted by Gasteiger charge is -2.31. The summed E-state index contributed by atoms with van der Waals surface area (Å²) in [7, 11) is 0. The molecule has 3 heteroatoms. The van der Waals surface area contributed by atoms with Gasteiger partial charge in [-0.25, -0.2) is 0 Å². The Morgan fingerprint density at radius 1 is 1.33 bits per heavy atom. The highest BCUT2D eigenvalue weighted by molar-refractivity contribution is 4.99. The molecule has 0 spiro atoms. The van der Waals surface area contributed by atoms with Crippen LogP contribution in [0.1, 0.15) is 19.3 Å². The SMILES string of the molecule is C1CCN2C[C@@H]3CON[C@@H]3[C@@H]2C1. The Hall–Kier alpha value is -0.120. The summed E-state index contributed by atoms with van der Waals surface area (Å²) in [6, 6.07) is 1.43. The summed E-state index contributed by atoms with van der Waals surface area (Å²) in [5, 5.41) is 0. The molecule has 0 radical (unpaired) electrons. The van der Waals surface area contributed by atoms with E-state index in [0.717, 1.165) is 18.6 Å². The van der Waals surface area contributed by atoms with Gasteiger partial charge in [0.05, 0.1) is 12.6 Å². The molecule has 3 fully saturated rings. The molecule has 0 bridgehead atoms. The average Bonchev–Trinajstić information content (AvgIpc) is 2.62. The molecule has 0 saturated carbocycles. The Bertz CT molecular complexity index is 185. The molecule has 0 unspecified atom stereocenters. The highest BCUT2D eigenvalue weighted by Gasteiger charge is 2.45. The van der Waals surface area contributed by atoms with E-state index in [1.807, 2.05) is 0 Å². The summed E-state index contributed by atoms with van der Waals surface area (Å²) in [6.45, 7) is 3.51. The van der Waals surface area contributed by atoms with E-state index in [4.69, 9.17) is 4.84 Å². The maximum Gasteiger partial charge on any atom is 0.0739 e. The van der Waals surface area contributed by atoms with Gasteiger partial charge in [-0.05, 0) is 19.4 Å². The van der Waals surface area contributed by atoms with Gasteiger partial charge in [-0.1, -0.05) is 6.42 Å². The van der Waals surface area contributed by atoms with E-state index < -0.39 is 0 Å². The minimum atomic E-state index is 0.644. The van der Waals surface area contributed by atoms with Crippen LogP contribution in [0.3, 0.4) is 0 Å². The van der Waals surface area contributed by atoms with Crippen LogP contribution >= 0.6 is 0 Å². The Labute approximate surface area is 73.0 Å². The van der Waals surface area contributed by atoms with E-state index in [9.17, 15) is 0 Å². The lowest BCUT2D eigenvalue weighted by Crippen LogP contribution is -2.43. The fourth-order valence-corrected chi connectivity index (χ4v) is 2.96. The van der Waals surface area contributed by atoms with Gasteiger partial charge < -0.3 is 4.84 Å². The fourth-order valence-electron chi connectivity index (χ4n) is 2.96. The molecule has 1 N–H and O–H groups in total. The Morgan fingerprint density at radius 3 is 3.33 bits per heavy atom. The van der Waals surface area contributed by atoms with Gasteiger partial charge in [0.15, 0.2) is 0 Å². The van der Waals surface area contributed by atoms with Gasteiger partial charge in [0, 0.05) is 18.5 Å². The highest BCUT2D eigenvalue weighted by atomic mass is 16.7. The second kappa shape index (κ2) is 2.69. The zero-order chi connectivity index (χ0) is 7.97. The van der Waals surface area contributed by atoms with E-state index in [-0.39, 0.29) is 0 Å². The number of nitrogens with one attached hydrogen (secondary N) is 1. The molecular formula is C9H16N2O. The van der Waals surface area contributed by atoms with Crippen molar-refractivity contribution < 1.29 is 4.84 Å². The third-order valence-corrected chi connectivity index (χ3v) is 3.57. The van der Waals surface area contributed by atoms with E-state index >= 15 is 0 Å². The van der Waals surface area contributed by atoms with Crippen LogP contribution in [0.4, 0.5) is 0 Å². The molecule has 0 aromatic carbocycles. The molecule has 3 heterocycles. The quantitative estimate of drug-likeness (QED) is 0.565. The number of hydrogen-bond acceptors (Lipinski definition) is 3. The predicted octanol–water partition coefficient (Wildman–Crippen LogP) is 0.374. The lowest BCUT2D eigenvalue weighted by atomic mass is 9.96. The molecule has 0 amide bonds. The molecule has 3 rings (SSSR count). The van der Waals surface area contributed by atoms with Crippen molar-refractivity contribution in [3.63, 3.8) is 0 Å². The first-order chi connectivity index (χ1) is 5.95. The topological polar surface area (TPSA) is 24.5 Å². The van der Waals surface area contributed by atoms with Gasteiger partial charge in [0.25, 0.3) is 0 Å². The predicted molar refractivity (Wildman–Crippen MR) is 45.6 cm³/mol. The van der Waals surface area contributed by atoms with Crippen molar-refractivity contribution in [1.82, 2.24) is 10.4 Å². The second-order valence-electron chi connectivity index (χ2n) is 4.27. The van der Waals surface area contributed by atoms with Gasteiger partial charge in [-0.2, -0.15) is 5.48 Å². The first-order valence-electron chi connectivity index (χ1n) is 5.06. The molecule has 3 aliphatic heterocycles. The summed E-state index contributed by atoms with van der Waals surface area (Å²) in [5.41, 5.74) is 3.18. The highest BCUT2D eigenvalue weighted by Crippen LogP contribution is 2.33. The van der Waals surface area contributed by atoms with Gasteiger partial charge in [-0.15, -0.1) is 0 Å². The van der Waals surface area contributed by atoms with Gasteiger partial charge in [0.2, 0.25) is 0 Å². The maximum absolute atomic E-state index is 5.28. The number of nitrogens with zero attached hydrogens (tertiary/aromatic N) is 1. The Balaban J connectivity index is 1.79. The van der Waals surface area contributed by atoms with Crippen molar-refractivity contribution in [3.05, 3.63) is 0 Å². The molecule has 0 aliphatic carbocycles. The third-order valence-electron chi connectivity index (χ3n) is 3.57. The average molecular weight is 168 g/mol. The summed E-state index contributed by atoms with van der Waals surface area (Å²) >= 11 is 0. The van der Waals surface area contributed by atoms with E-state index in [1.165, 1.54) is 32.4 Å². The number of fused-ring (bicyclic) bond motifs is 3. The summed E-state index contributed by atoms with van der Waals surface area (Å²) < 4.78 is 0. The molecule has 3 nitrogen and oxygen atoms in total. The zero-order valence-corrected chi connectivity index (χ0v) is 7.33.